The fourth-order valence-corrected chi connectivity index (χ4v) is 4.66. The lowest BCUT2D eigenvalue weighted by Gasteiger charge is -2.29. The van der Waals surface area contributed by atoms with Gasteiger partial charge in [-0.05, 0) is 25.0 Å². The molecule has 0 atom stereocenters. The van der Waals surface area contributed by atoms with Crippen LogP contribution in [0.1, 0.15) is 24.5 Å². The van der Waals surface area contributed by atoms with E-state index in [0.717, 1.165) is 29.5 Å². The number of aromatic nitrogens is 3. The lowest BCUT2D eigenvalue weighted by Crippen LogP contribution is -2.38. The molecule has 0 amide bonds. The summed E-state index contributed by atoms with van der Waals surface area (Å²) in [7, 11) is -1.76. The van der Waals surface area contributed by atoms with E-state index in [2.05, 4.69) is 10.1 Å². The van der Waals surface area contributed by atoms with Gasteiger partial charge in [0.1, 0.15) is 0 Å². The summed E-state index contributed by atoms with van der Waals surface area (Å²) in [5, 5.41) is 5.33. The van der Waals surface area contributed by atoms with Crippen molar-refractivity contribution in [1.29, 1.82) is 0 Å². The Morgan fingerprint density at radius 2 is 1.96 bits per heavy atom. The van der Waals surface area contributed by atoms with Crippen LogP contribution < -0.4 is 0 Å². The van der Waals surface area contributed by atoms with Crippen molar-refractivity contribution in [2.75, 3.05) is 13.1 Å². The SMILES string of the molecule is Cn1cnc(S(=O)(=O)N2CCC(c3noc4ccccc34)CC2)c1. The van der Waals surface area contributed by atoms with Crippen molar-refractivity contribution in [2.24, 2.45) is 7.05 Å². The van der Waals surface area contributed by atoms with E-state index in [9.17, 15) is 8.42 Å². The van der Waals surface area contributed by atoms with Gasteiger partial charge in [0.05, 0.1) is 12.0 Å². The molecule has 1 aromatic carbocycles. The molecule has 3 heterocycles. The molecule has 0 spiro atoms. The van der Waals surface area contributed by atoms with Gasteiger partial charge in [-0.3, -0.25) is 0 Å². The molecule has 0 radical (unpaired) electrons. The van der Waals surface area contributed by atoms with E-state index < -0.39 is 10.0 Å². The summed E-state index contributed by atoms with van der Waals surface area (Å²) in [4.78, 5) is 3.98. The first-order valence-electron chi connectivity index (χ1n) is 7.88. The van der Waals surface area contributed by atoms with Gasteiger partial charge in [0.15, 0.2) is 10.6 Å². The number of piperidine rings is 1. The first-order chi connectivity index (χ1) is 11.6. The van der Waals surface area contributed by atoms with Crippen LogP contribution in [0.2, 0.25) is 0 Å². The fourth-order valence-electron chi connectivity index (χ4n) is 3.22. The molecule has 0 saturated carbocycles. The zero-order valence-electron chi connectivity index (χ0n) is 13.3. The van der Waals surface area contributed by atoms with Crippen LogP contribution in [0.5, 0.6) is 0 Å². The molecule has 8 heteroatoms. The van der Waals surface area contributed by atoms with Gasteiger partial charge in [0, 0.05) is 37.6 Å². The number of rotatable bonds is 3. The van der Waals surface area contributed by atoms with Crippen LogP contribution in [-0.2, 0) is 17.1 Å². The lowest BCUT2D eigenvalue weighted by atomic mass is 9.93. The summed E-state index contributed by atoms with van der Waals surface area (Å²) in [6, 6.07) is 7.77. The van der Waals surface area contributed by atoms with Crippen molar-refractivity contribution in [2.45, 2.75) is 23.8 Å². The van der Waals surface area contributed by atoms with Crippen molar-refractivity contribution in [3.63, 3.8) is 0 Å². The number of para-hydroxylation sites is 1. The highest BCUT2D eigenvalue weighted by atomic mass is 32.2. The second-order valence-electron chi connectivity index (χ2n) is 6.12. The van der Waals surface area contributed by atoms with E-state index >= 15 is 0 Å². The van der Waals surface area contributed by atoms with Crippen molar-refractivity contribution < 1.29 is 12.9 Å². The molecule has 24 heavy (non-hydrogen) atoms. The molecule has 0 aliphatic carbocycles. The van der Waals surface area contributed by atoms with Gasteiger partial charge in [-0.15, -0.1) is 0 Å². The van der Waals surface area contributed by atoms with Crippen LogP contribution in [0.25, 0.3) is 11.0 Å². The van der Waals surface area contributed by atoms with Crippen LogP contribution in [-0.4, -0.2) is 40.5 Å². The Bertz CT molecular complexity index is 968. The Kier molecular flexibility index (Phi) is 3.65. The maximum Gasteiger partial charge on any atom is 0.262 e. The highest BCUT2D eigenvalue weighted by molar-refractivity contribution is 7.89. The van der Waals surface area contributed by atoms with Crippen molar-refractivity contribution in [3.05, 3.63) is 42.5 Å². The second kappa shape index (κ2) is 5.71. The van der Waals surface area contributed by atoms with Crippen LogP contribution in [0.4, 0.5) is 0 Å². The van der Waals surface area contributed by atoms with E-state index in [1.165, 1.54) is 16.8 Å². The predicted octanol–water partition coefficient (Wildman–Crippen LogP) is 2.13. The minimum absolute atomic E-state index is 0.107. The van der Waals surface area contributed by atoms with E-state index in [1.807, 2.05) is 24.3 Å². The molecule has 4 rings (SSSR count). The highest BCUT2D eigenvalue weighted by Gasteiger charge is 2.32. The monoisotopic (exact) mass is 346 g/mol. The maximum atomic E-state index is 12.6. The lowest BCUT2D eigenvalue weighted by molar-refractivity contribution is 0.309. The minimum Gasteiger partial charge on any atom is -0.356 e. The number of fused-ring (bicyclic) bond motifs is 1. The fraction of sp³-hybridized carbons (Fsp3) is 0.375. The van der Waals surface area contributed by atoms with Gasteiger partial charge in [-0.25, -0.2) is 13.4 Å². The molecule has 1 saturated heterocycles. The molecule has 1 fully saturated rings. The number of imidazole rings is 1. The Labute approximate surface area is 139 Å². The largest absolute Gasteiger partial charge is 0.356 e. The Morgan fingerprint density at radius 3 is 2.67 bits per heavy atom. The average Bonchev–Trinajstić information content (AvgIpc) is 3.21. The van der Waals surface area contributed by atoms with Gasteiger partial charge < -0.3 is 9.09 Å². The molecule has 3 aromatic rings. The van der Waals surface area contributed by atoms with Crippen molar-refractivity contribution in [1.82, 2.24) is 19.0 Å². The van der Waals surface area contributed by atoms with Crippen molar-refractivity contribution >= 4 is 21.0 Å². The van der Waals surface area contributed by atoms with Crippen LogP contribution in [0, 0.1) is 0 Å². The zero-order valence-corrected chi connectivity index (χ0v) is 14.1. The van der Waals surface area contributed by atoms with Gasteiger partial charge in [0.25, 0.3) is 10.0 Å². The molecular weight excluding hydrogens is 328 g/mol. The molecule has 7 nitrogen and oxygen atoms in total. The Hall–Kier alpha value is -2.19. The minimum atomic E-state index is -3.52. The first-order valence-corrected chi connectivity index (χ1v) is 9.32. The molecule has 1 aliphatic heterocycles. The summed E-state index contributed by atoms with van der Waals surface area (Å²) in [6.07, 6.45) is 4.49. The van der Waals surface area contributed by atoms with Crippen LogP contribution in [0.3, 0.4) is 0 Å². The Balaban J connectivity index is 1.53. The van der Waals surface area contributed by atoms with E-state index in [0.29, 0.717) is 13.1 Å². The second-order valence-corrected chi connectivity index (χ2v) is 8.00. The molecule has 0 bridgehead atoms. The summed E-state index contributed by atoms with van der Waals surface area (Å²) in [5.74, 6) is 0.212. The quantitative estimate of drug-likeness (QED) is 0.726. The van der Waals surface area contributed by atoms with Gasteiger partial charge in [-0.1, -0.05) is 17.3 Å². The predicted molar refractivity (Wildman–Crippen MR) is 88.0 cm³/mol. The van der Waals surface area contributed by atoms with Crippen LogP contribution >= 0.6 is 0 Å². The third-order valence-corrected chi connectivity index (χ3v) is 6.32. The number of sulfonamides is 1. The standard InChI is InChI=1S/C16H18N4O3S/c1-19-10-15(17-11-19)24(21,22)20-8-6-12(7-9-20)16-13-4-2-3-5-14(13)23-18-16/h2-5,10-12H,6-9H2,1H3. The van der Waals surface area contributed by atoms with E-state index in [4.69, 9.17) is 4.52 Å². The third-order valence-electron chi connectivity index (χ3n) is 4.53. The van der Waals surface area contributed by atoms with Gasteiger partial charge >= 0.3 is 0 Å². The topological polar surface area (TPSA) is 81.2 Å². The number of hydrogen-bond acceptors (Lipinski definition) is 5. The molecule has 1 aliphatic rings. The third kappa shape index (κ3) is 2.51. The molecule has 2 aromatic heterocycles. The maximum absolute atomic E-state index is 12.6. The number of aryl methyl sites for hydroxylation is 1. The summed E-state index contributed by atoms with van der Waals surface area (Å²) in [5.41, 5.74) is 1.71. The molecule has 0 unspecified atom stereocenters. The normalized spacial score (nSPS) is 17.5. The van der Waals surface area contributed by atoms with Crippen LogP contribution in [0.15, 0.2) is 46.3 Å². The van der Waals surface area contributed by atoms with E-state index in [-0.39, 0.29) is 10.9 Å². The average molecular weight is 346 g/mol. The number of benzene rings is 1. The highest BCUT2D eigenvalue weighted by Crippen LogP contribution is 2.33. The zero-order chi connectivity index (χ0) is 16.7. The summed E-state index contributed by atoms with van der Waals surface area (Å²) < 4.78 is 33.8. The summed E-state index contributed by atoms with van der Waals surface area (Å²) >= 11 is 0. The Morgan fingerprint density at radius 1 is 1.21 bits per heavy atom. The first kappa shape index (κ1) is 15.3. The smallest absolute Gasteiger partial charge is 0.262 e. The molecule has 0 N–H and O–H groups in total. The summed E-state index contributed by atoms with van der Waals surface area (Å²) in [6.45, 7) is 0.926. The number of nitrogens with zero attached hydrogens (tertiary/aromatic N) is 4. The molecule has 126 valence electrons. The van der Waals surface area contributed by atoms with E-state index in [1.54, 1.807) is 11.6 Å². The number of hydrogen-bond donors (Lipinski definition) is 0. The van der Waals surface area contributed by atoms with Crippen molar-refractivity contribution in [3.8, 4) is 0 Å². The van der Waals surface area contributed by atoms with Gasteiger partial charge in [0.2, 0.25) is 0 Å². The van der Waals surface area contributed by atoms with Gasteiger partial charge in [-0.2, -0.15) is 4.31 Å². The molecular formula is C16H18N4O3S.